The summed E-state index contributed by atoms with van der Waals surface area (Å²) >= 11 is 12.5. The highest BCUT2D eigenvalue weighted by atomic mass is 35.5. The first kappa shape index (κ1) is 19.7. The number of carbonyl (C=O) groups excluding carboxylic acids is 2. The third-order valence-electron chi connectivity index (χ3n) is 5.01. The number of alkyl halides is 1. The van der Waals surface area contributed by atoms with Crippen molar-refractivity contribution in [3.8, 4) is 0 Å². The van der Waals surface area contributed by atoms with Gasteiger partial charge in [-0.2, -0.15) is 0 Å². The molecule has 0 spiro atoms. The molecule has 1 aromatic heterocycles. The number of nitrogens with one attached hydrogen (secondary N) is 3. The molecular formula is C20H18Cl2N4O3. The summed E-state index contributed by atoms with van der Waals surface area (Å²) in [5.41, 5.74) is 4.21. The number of hydroxylamine groups is 1. The third-order valence-corrected chi connectivity index (χ3v) is 5.67. The molecule has 2 heterocycles. The maximum absolute atomic E-state index is 13.1. The zero-order chi connectivity index (χ0) is 20.4. The van der Waals surface area contributed by atoms with Crippen molar-refractivity contribution in [3.63, 3.8) is 0 Å². The van der Waals surface area contributed by atoms with Crippen molar-refractivity contribution in [1.29, 1.82) is 0 Å². The normalized spacial score (nSPS) is 25.7. The predicted molar refractivity (Wildman–Crippen MR) is 108 cm³/mol. The molecule has 2 amide bonds. The minimum absolute atomic E-state index is 0.112. The lowest BCUT2D eigenvalue weighted by Crippen LogP contribution is -2.54. The minimum Gasteiger partial charge on any atom is -0.351 e. The predicted octanol–water partition coefficient (Wildman–Crippen LogP) is 2.77. The molecule has 1 aliphatic heterocycles. The zero-order valence-corrected chi connectivity index (χ0v) is 16.7. The largest absolute Gasteiger partial charge is 0.351 e. The molecule has 3 N–H and O–H groups in total. The second kappa shape index (κ2) is 8.41. The molecule has 0 saturated heterocycles. The van der Waals surface area contributed by atoms with Crippen molar-refractivity contribution in [2.24, 2.45) is 5.92 Å². The van der Waals surface area contributed by atoms with E-state index in [1.165, 1.54) is 6.33 Å². The summed E-state index contributed by atoms with van der Waals surface area (Å²) in [4.78, 5) is 37.9. The van der Waals surface area contributed by atoms with E-state index < -0.39 is 17.3 Å². The van der Waals surface area contributed by atoms with Gasteiger partial charge in [0.05, 0.1) is 29.4 Å². The Kier molecular flexibility index (Phi) is 5.71. The van der Waals surface area contributed by atoms with Gasteiger partial charge in [-0.05, 0) is 23.8 Å². The Morgan fingerprint density at radius 2 is 2.14 bits per heavy atom. The fourth-order valence-corrected chi connectivity index (χ4v) is 4.31. The topological polar surface area (TPSA) is 96.1 Å². The maximum Gasteiger partial charge on any atom is 0.253 e. The number of amides is 2. The SMILES string of the molecule is O=C1N[C@@H](C2C=CC(Cl)=CC2Cl)[C@H](C(=O)NOCc2c[nH]cn2)c2ccccc21. The maximum atomic E-state index is 13.1. The molecule has 9 heteroatoms. The molecule has 0 fully saturated rings. The van der Waals surface area contributed by atoms with E-state index in [1.807, 2.05) is 6.08 Å². The van der Waals surface area contributed by atoms with Crippen molar-refractivity contribution in [1.82, 2.24) is 20.8 Å². The summed E-state index contributed by atoms with van der Waals surface area (Å²) in [6.07, 6.45) is 8.44. The van der Waals surface area contributed by atoms with Crippen LogP contribution in [0.15, 0.2) is 60.0 Å². The molecule has 0 radical (unpaired) electrons. The molecular weight excluding hydrogens is 415 g/mol. The minimum atomic E-state index is -0.691. The van der Waals surface area contributed by atoms with Crippen molar-refractivity contribution >= 4 is 35.0 Å². The summed E-state index contributed by atoms with van der Waals surface area (Å²) in [6, 6.07) is 6.46. The highest BCUT2D eigenvalue weighted by Gasteiger charge is 2.43. The monoisotopic (exact) mass is 432 g/mol. The first-order chi connectivity index (χ1) is 14.0. The van der Waals surface area contributed by atoms with Gasteiger partial charge in [-0.3, -0.25) is 14.4 Å². The lowest BCUT2D eigenvalue weighted by atomic mass is 9.76. The molecule has 7 nitrogen and oxygen atoms in total. The molecule has 4 rings (SSSR count). The molecule has 1 aromatic carbocycles. The van der Waals surface area contributed by atoms with Gasteiger partial charge in [0.25, 0.3) is 11.8 Å². The van der Waals surface area contributed by atoms with Gasteiger partial charge in [0, 0.05) is 22.7 Å². The van der Waals surface area contributed by atoms with Crippen LogP contribution in [0.4, 0.5) is 0 Å². The quantitative estimate of drug-likeness (QED) is 0.499. The number of carbonyl (C=O) groups is 2. The van der Waals surface area contributed by atoms with Crippen molar-refractivity contribution in [3.05, 3.63) is 76.9 Å². The molecule has 2 aliphatic rings. The Bertz CT molecular complexity index is 974. The number of allylic oxidation sites excluding steroid dienone is 3. The Labute approximate surface area is 177 Å². The molecule has 4 atom stereocenters. The van der Waals surface area contributed by atoms with Crippen molar-refractivity contribution in [2.45, 2.75) is 23.9 Å². The average Bonchev–Trinajstić information content (AvgIpc) is 3.21. The highest BCUT2D eigenvalue weighted by molar-refractivity contribution is 6.32. The summed E-state index contributed by atoms with van der Waals surface area (Å²) in [5.74, 6) is -1.64. The third kappa shape index (κ3) is 4.07. The van der Waals surface area contributed by atoms with Gasteiger partial charge in [-0.25, -0.2) is 10.5 Å². The number of H-pyrrole nitrogens is 1. The average molecular weight is 433 g/mol. The van der Waals surface area contributed by atoms with Crippen LogP contribution in [0, 0.1) is 5.92 Å². The second-order valence-corrected chi connectivity index (χ2v) is 7.75. The lowest BCUT2D eigenvalue weighted by Gasteiger charge is -2.38. The summed E-state index contributed by atoms with van der Waals surface area (Å²) in [6.45, 7) is 0.112. The van der Waals surface area contributed by atoms with E-state index in [-0.39, 0.29) is 24.3 Å². The number of benzene rings is 1. The van der Waals surface area contributed by atoms with Crippen LogP contribution in [0.1, 0.15) is 27.5 Å². The molecule has 0 bridgehead atoms. The van der Waals surface area contributed by atoms with E-state index in [2.05, 4.69) is 20.8 Å². The van der Waals surface area contributed by atoms with Gasteiger partial charge in [-0.15, -0.1) is 11.6 Å². The first-order valence-electron chi connectivity index (χ1n) is 9.03. The molecule has 2 aromatic rings. The molecule has 29 heavy (non-hydrogen) atoms. The van der Waals surface area contributed by atoms with Crippen LogP contribution >= 0.6 is 23.2 Å². The number of fused-ring (bicyclic) bond motifs is 1. The fourth-order valence-electron chi connectivity index (χ4n) is 3.66. The van der Waals surface area contributed by atoms with Crippen molar-refractivity contribution in [2.75, 3.05) is 0 Å². The standard InChI is InChI=1S/C20H18Cl2N4O3/c21-11-5-6-15(16(22)7-11)18-17(13-3-1-2-4-14(13)19(27)25-18)20(28)26-29-9-12-8-23-10-24-12/h1-8,10,15-18H,9H2,(H,23,24)(H,25,27)(H,26,28)/t15?,16?,17-,18+/m1/s1. The van der Waals surface area contributed by atoms with Crippen LogP contribution in [0.5, 0.6) is 0 Å². The van der Waals surface area contributed by atoms with E-state index in [0.717, 1.165) is 0 Å². The van der Waals surface area contributed by atoms with E-state index in [9.17, 15) is 9.59 Å². The Morgan fingerprint density at radius 3 is 2.90 bits per heavy atom. The number of aromatic nitrogens is 2. The number of aromatic amines is 1. The molecule has 150 valence electrons. The van der Waals surface area contributed by atoms with E-state index in [0.29, 0.717) is 21.9 Å². The van der Waals surface area contributed by atoms with Crippen LogP contribution in [0.2, 0.25) is 0 Å². The van der Waals surface area contributed by atoms with Gasteiger partial charge in [0.1, 0.15) is 6.61 Å². The molecule has 2 unspecified atom stereocenters. The van der Waals surface area contributed by atoms with E-state index in [1.54, 1.807) is 42.6 Å². The number of nitrogens with zero attached hydrogens (tertiary/aromatic N) is 1. The van der Waals surface area contributed by atoms with Gasteiger partial charge in [0.2, 0.25) is 0 Å². The van der Waals surface area contributed by atoms with Gasteiger partial charge < -0.3 is 10.3 Å². The van der Waals surface area contributed by atoms with Crippen molar-refractivity contribution < 1.29 is 14.4 Å². The number of rotatable bonds is 5. The van der Waals surface area contributed by atoms with Gasteiger partial charge in [0.15, 0.2) is 0 Å². The van der Waals surface area contributed by atoms with E-state index in [4.69, 9.17) is 28.0 Å². The number of hydrogen-bond acceptors (Lipinski definition) is 4. The van der Waals surface area contributed by atoms with Gasteiger partial charge >= 0.3 is 0 Å². The van der Waals surface area contributed by atoms with Crippen LogP contribution in [-0.4, -0.2) is 33.2 Å². The Hall–Kier alpha value is -2.61. The highest BCUT2D eigenvalue weighted by Crippen LogP contribution is 2.37. The van der Waals surface area contributed by atoms with E-state index >= 15 is 0 Å². The summed E-state index contributed by atoms with van der Waals surface area (Å²) in [7, 11) is 0. The summed E-state index contributed by atoms with van der Waals surface area (Å²) in [5, 5.41) is 2.99. The molecule has 1 aliphatic carbocycles. The Morgan fingerprint density at radius 1 is 1.31 bits per heavy atom. The number of imidazole rings is 1. The lowest BCUT2D eigenvalue weighted by molar-refractivity contribution is -0.137. The van der Waals surface area contributed by atoms with Crippen LogP contribution in [0.3, 0.4) is 0 Å². The zero-order valence-electron chi connectivity index (χ0n) is 15.1. The van der Waals surface area contributed by atoms with Crippen LogP contribution in [-0.2, 0) is 16.2 Å². The smallest absolute Gasteiger partial charge is 0.253 e. The van der Waals surface area contributed by atoms with Gasteiger partial charge in [-0.1, -0.05) is 35.9 Å². The number of hydrogen-bond donors (Lipinski definition) is 3. The fraction of sp³-hybridized carbons (Fsp3) is 0.250. The Balaban J connectivity index is 1.60. The summed E-state index contributed by atoms with van der Waals surface area (Å²) < 4.78 is 0. The first-order valence-corrected chi connectivity index (χ1v) is 9.84. The van der Waals surface area contributed by atoms with Crippen LogP contribution < -0.4 is 10.8 Å². The second-order valence-electron chi connectivity index (χ2n) is 6.81. The molecule has 0 saturated carbocycles. The van der Waals surface area contributed by atoms with Crippen LogP contribution in [0.25, 0.3) is 0 Å². The number of halogens is 2.